The van der Waals surface area contributed by atoms with Gasteiger partial charge in [-0.1, -0.05) is 34.1 Å². The molecule has 3 atom stereocenters. The minimum absolute atomic E-state index is 0.111. The van der Waals surface area contributed by atoms with Crippen LogP contribution in [0.15, 0.2) is 0 Å². The third kappa shape index (κ3) is 5.54. The SMILES string of the molecule is CCC(O)CC1CC(NCC(C)(C)C)CN(C2CCC2)C1. The predicted molar refractivity (Wildman–Crippen MR) is 89.5 cm³/mol. The summed E-state index contributed by atoms with van der Waals surface area (Å²) in [6.07, 6.45) is 7.16. The van der Waals surface area contributed by atoms with Gasteiger partial charge in [-0.2, -0.15) is 0 Å². The van der Waals surface area contributed by atoms with E-state index in [1.54, 1.807) is 0 Å². The van der Waals surface area contributed by atoms with Crippen molar-refractivity contribution >= 4 is 0 Å². The van der Waals surface area contributed by atoms with Crippen LogP contribution in [-0.2, 0) is 0 Å². The molecule has 124 valence electrons. The fraction of sp³-hybridized carbons (Fsp3) is 1.00. The highest BCUT2D eigenvalue weighted by atomic mass is 16.3. The molecule has 2 N–H and O–H groups in total. The molecule has 0 amide bonds. The third-order valence-electron chi connectivity index (χ3n) is 5.15. The molecule has 3 nitrogen and oxygen atoms in total. The van der Waals surface area contributed by atoms with Gasteiger partial charge < -0.3 is 10.4 Å². The Morgan fingerprint density at radius 1 is 1.24 bits per heavy atom. The molecule has 3 unspecified atom stereocenters. The van der Waals surface area contributed by atoms with Crippen molar-refractivity contribution in [3.63, 3.8) is 0 Å². The number of nitrogens with zero attached hydrogens (tertiary/aromatic N) is 1. The van der Waals surface area contributed by atoms with Gasteiger partial charge in [0, 0.05) is 31.7 Å². The van der Waals surface area contributed by atoms with Gasteiger partial charge in [0.1, 0.15) is 0 Å². The Balaban J connectivity index is 1.89. The summed E-state index contributed by atoms with van der Waals surface area (Å²) in [6, 6.07) is 1.43. The number of likely N-dealkylation sites (tertiary alicyclic amines) is 1. The normalized spacial score (nSPS) is 30.1. The van der Waals surface area contributed by atoms with E-state index >= 15 is 0 Å². The number of hydrogen-bond acceptors (Lipinski definition) is 3. The molecule has 0 aromatic carbocycles. The van der Waals surface area contributed by atoms with Crippen LogP contribution in [0.1, 0.15) is 66.2 Å². The summed E-state index contributed by atoms with van der Waals surface area (Å²) in [5.74, 6) is 0.659. The Kier molecular flexibility index (Phi) is 6.10. The average Bonchev–Trinajstić information content (AvgIpc) is 2.33. The van der Waals surface area contributed by atoms with Crippen molar-refractivity contribution in [3.8, 4) is 0 Å². The molecule has 1 saturated carbocycles. The lowest BCUT2D eigenvalue weighted by Crippen LogP contribution is -2.55. The summed E-state index contributed by atoms with van der Waals surface area (Å²) in [6.45, 7) is 12.5. The molecule has 0 aromatic heterocycles. The Morgan fingerprint density at radius 3 is 2.48 bits per heavy atom. The molecule has 3 heteroatoms. The molecule has 21 heavy (non-hydrogen) atoms. The molecule has 0 spiro atoms. The lowest BCUT2D eigenvalue weighted by Gasteiger charge is -2.46. The van der Waals surface area contributed by atoms with Crippen molar-refractivity contribution in [2.45, 2.75) is 84.4 Å². The van der Waals surface area contributed by atoms with Gasteiger partial charge in [0.05, 0.1) is 6.10 Å². The molecule has 0 aromatic rings. The van der Waals surface area contributed by atoms with E-state index < -0.39 is 0 Å². The second kappa shape index (κ2) is 7.43. The number of rotatable bonds is 6. The Morgan fingerprint density at radius 2 is 1.95 bits per heavy atom. The number of aliphatic hydroxyl groups is 1. The van der Waals surface area contributed by atoms with Gasteiger partial charge >= 0.3 is 0 Å². The first-order valence-corrected chi connectivity index (χ1v) is 9.03. The smallest absolute Gasteiger partial charge is 0.0540 e. The van der Waals surface area contributed by atoms with Crippen LogP contribution in [0.5, 0.6) is 0 Å². The van der Waals surface area contributed by atoms with Crippen LogP contribution in [0.25, 0.3) is 0 Å². The predicted octanol–water partition coefficient (Wildman–Crippen LogP) is 3.03. The van der Waals surface area contributed by atoms with Gasteiger partial charge in [-0.15, -0.1) is 0 Å². The first kappa shape index (κ1) is 17.2. The van der Waals surface area contributed by atoms with Gasteiger partial charge in [-0.25, -0.2) is 0 Å². The molecule has 1 aliphatic carbocycles. The first-order valence-electron chi connectivity index (χ1n) is 9.03. The second-order valence-corrected chi connectivity index (χ2v) is 8.58. The van der Waals surface area contributed by atoms with E-state index in [4.69, 9.17) is 0 Å². The Bertz CT molecular complexity index is 309. The highest BCUT2D eigenvalue weighted by Crippen LogP contribution is 2.31. The van der Waals surface area contributed by atoms with Crippen molar-refractivity contribution in [1.82, 2.24) is 10.2 Å². The number of piperidine rings is 1. The lowest BCUT2D eigenvalue weighted by atomic mass is 9.84. The monoisotopic (exact) mass is 296 g/mol. The van der Waals surface area contributed by atoms with Gasteiger partial charge in [-0.05, 0) is 43.4 Å². The highest BCUT2D eigenvalue weighted by molar-refractivity contribution is 4.91. The highest BCUT2D eigenvalue weighted by Gasteiger charge is 2.34. The average molecular weight is 296 g/mol. The lowest BCUT2D eigenvalue weighted by molar-refractivity contribution is 0.0356. The van der Waals surface area contributed by atoms with Crippen LogP contribution < -0.4 is 5.32 Å². The number of hydrogen-bond donors (Lipinski definition) is 2. The summed E-state index contributed by atoms with van der Waals surface area (Å²) in [4.78, 5) is 2.71. The zero-order valence-electron chi connectivity index (χ0n) is 14.6. The molecular formula is C18H36N2O. The maximum Gasteiger partial charge on any atom is 0.0540 e. The van der Waals surface area contributed by atoms with Crippen molar-refractivity contribution < 1.29 is 5.11 Å². The summed E-state index contributed by atoms with van der Waals surface area (Å²) in [5, 5.41) is 13.8. The zero-order chi connectivity index (χ0) is 15.5. The number of aliphatic hydroxyl groups excluding tert-OH is 1. The van der Waals surface area contributed by atoms with Gasteiger partial charge in [0.15, 0.2) is 0 Å². The van der Waals surface area contributed by atoms with Crippen LogP contribution in [0, 0.1) is 11.3 Å². The van der Waals surface area contributed by atoms with E-state index in [0.717, 1.165) is 25.4 Å². The summed E-state index contributed by atoms with van der Waals surface area (Å²) in [7, 11) is 0. The Labute approximate surface area is 131 Å². The van der Waals surface area contributed by atoms with E-state index in [1.165, 1.54) is 38.8 Å². The maximum atomic E-state index is 10.0. The van der Waals surface area contributed by atoms with Crippen LogP contribution in [-0.4, -0.2) is 47.8 Å². The molecule has 0 bridgehead atoms. The van der Waals surface area contributed by atoms with Gasteiger partial charge in [0.25, 0.3) is 0 Å². The van der Waals surface area contributed by atoms with Crippen molar-refractivity contribution in [1.29, 1.82) is 0 Å². The second-order valence-electron chi connectivity index (χ2n) is 8.58. The van der Waals surface area contributed by atoms with Crippen LogP contribution in [0.2, 0.25) is 0 Å². The molecule has 2 rings (SSSR count). The fourth-order valence-electron chi connectivity index (χ4n) is 3.61. The molecular weight excluding hydrogens is 260 g/mol. The third-order valence-corrected chi connectivity index (χ3v) is 5.15. The number of nitrogens with one attached hydrogen (secondary N) is 1. The van der Waals surface area contributed by atoms with Crippen molar-refractivity contribution in [2.24, 2.45) is 11.3 Å². The molecule has 2 aliphatic rings. The van der Waals surface area contributed by atoms with E-state index in [0.29, 0.717) is 17.4 Å². The molecule has 2 fully saturated rings. The fourth-order valence-corrected chi connectivity index (χ4v) is 3.61. The van der Waals surface area contributed by atoms with E-state index in [1.807, 2.05) is 0 Å². The molecule has 0 radical (unpaired) electrons. The topological polar surface area (TPSA) is 35.5 Å². The minimum atomic E-state index is -0.111. The molecule has 1 saturated heterocycles. The van der Waals surface area contributed by atoms with E-state index in [-0.39, 0.29) is 6.10 Å². The van der Waals surface area contributed by atoms with Crippen molar-refractivity contribution in [3.05, 3.63) is 0 Å². The standard InChI is InChI=1S/C18H36N2O/c1-5-17(21)10-14-9-15(19-13-18(2,3)4)12-20(11-14)16-7-6-8-16/h14-17,19,21H,5-13H2,1-4H3. The Hall–Kier alpha value is -0.120. The van der Waals surface area contributed by atoms with Crippen LogP contribution in [0.4, 0.5) is 0 Å². The van der Waals surface area contributed by atoms with Crippen LogP contribution in [0.3, 0.4) is 0 Å². The summed E-state index contributed by atoms with van der Waals surface area (Å²) in [5.41, 5.74) is 0.344. The minimum Gasteiger partial charge on any atom is -0.393 e. The van der Waals surface area contributed by atoms with Gasteiger partial charge in [0.2, 0.25) is 0 Å². The maximum absolute atomic E-state index is 10.0. The van der Waals surface area contributed by atoms with Gasteiger partial charge in [-0.3, -0.25) is 4.90 Å². The summed E-state index contributed by atoms with van der Waals surface area (Å²) >= 11 is 0. The van der Waals surface area contributed by atoms with E-state index in [2.05, 4.69) is 37.9 Å². The van der Waals surface area contributed by atoms with E-state index in [9.17, 15) is 5.11 Å². The van der Waals surface area contributed by atoms with Crippen LogP contribution >= 0.6 is 0 Å². The van der Waals surface area contributed by atoms with Crippen molar-refractivity contribution in [2.75, 3.05) is 19.6 Å². The largest absolute Gasteiger partial charge is 0.393 e. The first-order chi connectivity index (χ1) is 9.87. The quantitative estimate of drug-likeness (QED) is 0.791. The summed E-state index contributed by atoms with van der Waals surface area (Å²) < 4.78 is 0. The molecule has 1 aliphatic heterocycles. The molecule has 1 heterocycles. The zero-order valence-corrected chi connectivity index (χ0v) is 14.6.